The molecule has 2 aliphatic rings. The summed E-state index contributed by atoms with van der Waals surface area (Å²) in [6.07, 6.45) is 4.54. The van der Waals surface area contributed by atoms with Crippen LogP contribution in [0, 0.1) is 13.8 Å². The van der Waals surface area contributed by atoms with E-state index in [1.165, 1.54) is 34.9 Å². The maximum absolute atomic E-state index is 4.56. The highest BCUT2D eigenvalue weighted by Crippen LogP contribution is 2.44. The Balaban J connectivity index is 1.62. The summed E-state index contributed by atoms with van der Waals surface area (Å²) < 4.78 is 2.64. The van der Waals surface area contributed by atoms with E-state index in [0.717, 1.165) is 25.3 Å². The van der Waals surface area contributed by atoms with Crippen molar-refractivity contribution >= 4 is 10.9 Å². The molecule has 3 nitrogen and oxygen atoms in total. The van der Waals surface area contributed by atoms with Gasteiger partial charge in [0.1, 0.15) is 0 Å². The first-order valence-electron chi connectivity index (χ1n) is 9.83. The van der Waals surface area contributed by atoms with Crippen molar-refractivity contribution in [3.63, 3.8) is 0 Å². The summed E-state index contributed by atoms with van der Waals surface area (Å²) in [5.74, 6) is 1.22. The van der Waals surface area contributed by atoms with Gasteiger partial charge in [-0.05, 0) is 69.0 Å². The lowest BCUT2D eigenvalue weighted by molar-refractivity contribution is 0.268. The predicted octanol–water partition coefficient (Wildman–Crippen LogP) is 4.76. The number of aryl methyl sites for hydroxylation is 3. The summed E-state index contributed by atoms with van der Waals surface area (Å²) in [6, 6.07) is 11.5. The van der Waals surface area contributed by atoms with Crippen molar-refractivity contribution in [2.75, 3.05) is 13.6 Å². The van der Waals surface area contributed by atoms with Crippen molar-refractivity contribution in [1.29, 1.82) is 0 Å². The van der Waals surface area contributed by atoms with Gasteiger partial charge in [0.15, 0.2) is 0 Å². The second kappa shape index (κ2) is 5.95. The minimum atomic E-state index is 0.604. The SMILES string of the molecule is Cc1ccc2c(c1)c1c3n2CCC(c2ccc(C)nc2)CC3CN(C)C1. The van der Waals surface area contributed by atoms with Crippen LogP contribution in [0.25, 0.3) is 10.9 Å². The average Bonchev–Trinajstić information content (AvgIpc) is 2.79. The van der Waals surface area contributed by atoms with E-state index >= 15 is 0 Å². The molecule has 2 aromatic heterocycles. The van der Waals surface area contributed by atoms with Crippen LogP contribution in [0.1, 0.15) is 52.8 Å². The van der Waals surface area contributed by atoms with E-state index < -0.39 is 0 Å². The summed E-state index contributed by atoms with van der Waals surface area (Å²) in [5, 5.41) is 1.48. The van der Waals surface area contributed by atoms with Crippen LogP contribution in [-0.2, 0) is 13.1 Å². The third-order valence-corrected chi connectivity index (χ3v) is 6.39. The summed E-state index contributed by atoms with van der Waals surface area (Å²) in [6.45, 7) is 7.64. The van der Waals surface area contributed by atoms with Gasteiger partial charge in [0.2, 0.25) is 0 Å². The standard InChI is InChI=1S/C23H27N3/c1-15-4-7-22-20(10-15)21-14-25(3)13-19-11-17(8-9-26(22)23(19)21)18-6-5-16(2)24-12-18/h4-7,10,12,17,19H,8-9,11,13-14H2,1-3H3. The topological polar surface area (TPSA) is 21.1 Å². The van der Waals surface area contributed by atoms with Gasteiger partial charge in [-0.2, -0.15) is 0 Å². The number of likely N-dealkylation sites (N-methyl/N-ethyl adjacent to an activating group) is 1. The smallest absolute Gasteiger partial charge is 0.0486 e. The second-order valence-electron chi connectivity index (χ2n) is 8.38. The molecule has 0 fully saturated rings. The lowest BCUT2D eigenvalue weighted by Crippen LogP contribution is -2.31. The summed E-state index contributed by atoms with van der Waals surface area (Å²) >= 11 is 0. The Bertz CT molecular complexity index is 967. The largest absolute Gasteiger partial charge is 0.344 e. The van der Waals surface area contributed by atoms with Crippen molar-refractivity contribution in [1.82, 2.24) is 14.5 Å². The van der Waals surface area contributed by atoms with Crippen LogP contribution in [0.5, 0.6) is 0 Å². The number of hydrogen-bond donors (Lipinski definition) is 0. The van der Waals surface area contributed by atoms with Gasteiger partial charge >= 0.3 is 0 Å². The normalized spacial score (nSPS) is 23.0. The van der Waals surface area contributed by atoms with E-state index in [4.69, 9.17) is 0 Å². The highest BCUT2D eigenvalue weighted by atomic mass is 15.1. The van der Waals surface area contributed by atoms with Gasteiger partial charge < -0.3 is 9.47 Å². The van der Waals surface area contributed by atoms with Gasteiger partial charge in [0.25, 0.3) is 0 Å². The van der Waals surface area contributed by atoms with Crippen molar-refractivity contribution < 1.29 is 0 Å². The Hall–Kier alpha value is -2.13. The number of fused-ring (bicyclic) bond motifs is 3. The Morgan fingerprint density at radius 1 is 1.08 bits per heavy atom. The Morgan fingerprint density at radius 3 is 2.77 bits per heavy atom. The van der Waals surface area contributed by atoms with Crippen LogP contribution in [0.3, 0.4) is 0 Å². The molecule has 0 N–H and O–H groups in total. The van der Waals surface area contributed by atoms with E-state index in [2.05, 4.69) is 71.9 Å². The molecule has 0 bridgehead atoms. The molecule has 0 radical (unpaired) electrons. The molecule has 3 aromatic rings. The van der Waals surface area contributed by atoms with Crippen LogP contribution in [-0.4, -0.2) is 28.0 Å². The molecule has 0 aliphatic carbocycles. The lowest BCUT2D eigenvalue weighted by Gasteiger charge is -2.32. The van der Waals surface area contributed by atoms with Gasteiger partial charge in [-0.15, -0.1) is 0 Å². The third kappa shape index (κ3) is 2.49. The zero-order valence-electron chi connectivity index (χ0n) is 16.0. The molecular weight excluding hydrogens is 318 g/mol. The van der Waals surface area contributed by atoms with E-state index in [9.17, 15) is 0 Å². The Morgan fingerprint density at radius 2 is 1.96 bits per heavy atom. The van der Waals surface area contributed by atoms with E-state index in [1.807, 2.05) is 0 Å². The van der Waals surface area contributed by atoms with E-state index in [0.29, 0.717) is 11.8 Å². The minimum Gasteiger partial charge on any atom is -0.344 e. The predicted molar refractivity (Wildman–Crippen MR) is 107 cm³/mol. The molecule has 3 heteroatoms. The average molecular weight is 345 g/mol. The van der Waals surface area contributed by atoms with Gasteiger partial charge in [0.05, 0.1) is 0 Å². The summed E-state index contributed by atoms with van der Waals surface area (Å²) in [4.78, 5) is 7.07. The molecule has 0 saturated heterocycles. The van der Waals surface area contributed by atoms with Gasteiger partial charge in [-0.3, -0.25) is 4.98 Å². The maximum atomic E-state index is 4.56. The van der Waals surface area contributed by atoms with Crippen LogP contribution in [0.15, 0.2) is 36.5 Å². The number of hydrogen-bond acceptors (Lipinski definition) is 2. The van der Waals surface area contributed by atoms with Crippen LogP contribution >= 0.6 is 0 Å². The Labute approximate surface area is 155 Å². The monoisotopic (exact) mass is 345 g/mol. The molecule has 134 valence electrons. The summed E-state index contributed by atoms with van der Waals surface area (Å²) in [5.41, 5.74) is 8.51. The van der Waals surface area contributed by atoms with Gasteiger partial charge in [-0.1, -0.05) is 17.7 Å². The van der Waals surface area contributed by atoms with Gasteiger partial charge in [-0.25, -0.2) is 0 Å². The number of nitrogens with zero attached hydrogens (tertiary/aromatic N) is 3. The fraction of sp³-hybridized carbons (Fsp3) is 0.435. The molecule has 5 rings (SSSR count). The van der Waals surface area contributed by atoms with Crippen LogP contribution in [0.4, 0.5) is 0 Å². The van der Waals surface area contributed by atoms with Crippen LogP contribution in [0.2, 0.25) is 0 Å². The second-order valence-corrected chi connectivity index (χ2v) is 8.38. The van der Waals surface area contributed by atoms with Crippen LogP contribution < -0.4 is 0 Å². The van der Waals surface area contributed by atoms with E-state index in [-0.39, 0.29) is 0 Å². The first-order chi connectivity index (χ1) is 12.6. The van der Waals surface area contributed by atoms with Crippen molar-refractivity contribution in [3.05, 3.63) is 64.6 Å². The third-order valence-electron chi connectivity index (χ3n) is 6.39. The van der Waals surface area contributed by atoms with E-state index in [1.54, 1.807) is 11.3 Å². The number of benzene rings is 1. The maximum Gasteiger partial charge on any atom is 0.0486 e. The molecule has 4 heterocycles. The quantitative estimate of drug-likeness (QED) is 0.634. The molecule has 0 saturated carbocycles. The fourth-order valence-corrected chi connectivity index (χ4v) is 5.18. The number of aromatic nitrogens is 2. The first kappa shape index (κ1) is 16.1. The van der Waals surface area contributed by atoms with Crippen molar-refractivity contribution in [2.45, 2.75) is 51.6 Å². The Kier molecular flexibility index (Phi) is 3.68. The van der Waals surface area contributed by atoms with Gasteiger partial charge in [0, 0.05) is 54.0 Å². The minimum absolute atomic E-state index is 0.604. The molecule has 0 amide bonds. The zero-order valence-corrected chi connectivity index (χ0v) is 16.0. The lowest BCUT2D eigenvalue weighted by atomic mass is 9.84. The first-order valence-corrected chi connectivity index (χ1v) is 9.83. The molecular formula is C23H27N3. The molecule has 1 aromatic carbocycles. The molecule has 2 unspecified atom stereocenters. The number of rotatable bonds is 1. The summed E-state index contributed by atoms with van der Waals surface area (Å²) in [7, 11) is 2.27. The van der Waals surface area contributed by atoms with Crippen molar-refractivity contribution in [3.8, 4) is 0 Å². The zero-order chi connectivity index (χ0) is 17.8. The molecule has 2 aliphatic heterocycles. The molecule has 2 atom stereocenters. The van der Waals surface area contributed by atoms with Crippen molar-refractivity contribution in [2.24, 2.45) is 0 Å². The highest BCUT2D eigenvalue weighted by molar-refractivity contribution is 5.87. The number of pyridine rings is 1. The molecule has 26 heavy (non-hydrogen) atoms. The highest BCUT2D eigenvalue weighted by Gasteiger charge is 2.34. The molecule has 0 spiro atoms. The fourth-order valence-electron chi connectivity index (χ4n) is 5.18.